The summed E-state index contributed by atoms with van der Waals surface area (Å²) < 4.78 is 23.7. The molecule has 1 aromatic rings. The maximum absolute atomic E-state index is 11.8. The maximum Gasteiger partial charge on any atom is 0.310 e. The van der Waals surface area contributed by atoms with Gasteiger partial charge >= 0.3 is 5.97 Å². The largest absolute Gasteiger partial charge is 0.481 e. The number of carbonyl (C=O) groups is 1. The Labute approximate surface area is 119 Å². The molecule has 20 heavy (non-hydrogen) atoms. The number of hydrogen-bond acceptors (Lipinski definition) is 3. The zero-order valence-corrected chi connectivity index (χ0v) is 12.4. The van der Waals surface area contributed by atoms with Crippen LogP contribution >= 0.6 is 0 Å². The summed E-state index contributed by atoms with van der Waals surface area (Å²) in [6.07, 6.45) is 1.63. The average molecular weight is 296 g/mol. The minimum absolute atomic E-state index is 0.0405. The van der Waals surface area contributed by atoms with Gasteiger partial charge in [0.25, 0.3) is 0 Å². The third-order valence-corrected chi connectivity index (χ3v) is 5.89. The fourth-order valence-corrected chi connectivity index (χ4v) is 4.42. The van der Waals surface area contributed by atoms with Crippen LogP contribution in [0.1, 0.15) is 30.9 Å². The standard InChI is InChI=1S/C15H20O4S/c1-2-8-20(18,19)9-7-15(14(16)17)10-12-5-3-4-6-13(12)11-15/h3-6H,2,7-11H2,1H3,(H,16,17). The predicted octanol–water partition coefficient (Wildman–Crippen LogP) is 2.07. The molecule has 2 rings (SSSR count). The lowest BCUT2D eigenvalue weighted by atomic mass is 9.82. The second-order valence-electron chi connectivity index (χ2n) is 5.61. The van der Waals surface area contributed by atoms with Crippen molar-refractivity contribution in [1.29, 1.82) is 0 Å². The molecule has 4 nitrogen and oxygen atoms in total. The fourth-order valence-electron chi connectivity index (χ4n) is 2.89. The summed E-state index contributed by atoms with van der Waals surface area (Å²) in [5, 5.41) is 9.57. The van der Waals surface area contributed by atoms with Crippen LogP contribution in [0.4, 0.5) is 0 Å². The summed E-state index contributed by atoms with van der Waals surface area (Å²) in [5.74, 6) is -0.794. The van der Waals surface area contributed by atoms with Gasteiger partial charge in [-0.3, -0.25) is 4.79 Å². The van der Waals surface area contributed by atoms with Crippen molar-refractivity contribution in [1.82, 2.24) is 0 Å². The molecule has 0 saturated carbocycles. The minimum atomic E-state index is -3.14. The molecule has 1 N–H and O–H groups in total. The molecule has 0 saturated heterocycles. The third-order valence-electron chi connectivity index (χ3n) is 4.04. The Balaban J connectivity index is 2.17. The van der Waals surface area contributed by atoms with E-state index in [4.69, 9.17) is 0 Å². The summed E-state index contributed by atoms with van der Waals surface area (Å²) in [7, 11) is -3.14. The van der Waals surface area contributed by atoms with E-state index in [1.807, 2.05) is 31.2 Å². The van der Waals surface area contributed by atoms with Crippen LogP contribution in [-0.4, -0.2) is 31.0 Å². The molecule has 0 heterocycles. The Morgan fingerprint density at radius 2 is 1.75 bits per heavy atom. The van der Waals surface area contributed by atoms with Crippen molar-refractivity contribution in [3.63, 3.8) is 0 Å². The number of sulfone groups is 1. The molecule has 0 aliphatic heterocycles. The van der Waals surface area contributed by atoms with Gasteiger partial charge in [0, 0.05) is 5.75 Å². The highest BCUT2D eigenvalue weighted by molar-refractivity contribution is 7.91. The number of carboxylic acids is 1. The average Bonchev–Trinajstić information content (AvgIpc) is 2.76. The summed E-state index contributed by atoms with van der Waals surface area (Å²) in [6.45, 7) is 1.82. The zero-order chi connectivity index (χ0) is 14.8. The van der Waals surface area contributed by atoms with Crippen LogP contribution in [0.15, 0.2) is 24.3 Å². The Morgan fingerprint density at radius 3 is 2.20 bits per heavy atom. The normalized spacial score (nSPS) is 16.9. The van der Waals surface area contributed by atoms with Crippen molar-refractivity contribution in [3.8, 4) is 0 Å². The first-order valence-corrected chi connectivity index (χ1v) is 8.71. The fraction of sp³-hybridized carbons (Fsp3) is 0.533. The number of aliphatic carboxylic acids is 1. The third kappa shape index (κ3) is 3.03. The van der Waals surface area contributed by atoms with Gasteiger partial charge in [0.05, 0.1) is 11.2 Å². The van der Waals surface area contributed by atoms with E-state index in [2.05, 4.69) is 0 Å². The van der Waals surface area contributed by atoms with E-state index in [9.17, 15) is 18.3 Å². The molecule has 0 atom stereocenters. The van der Waals surface area contributed by atoms with E-state index >= 15 is 0 Å². The van der Waals surface area contributed by atoms with Gasteiger partial charge in [-0.15, -0.1) is 0 Å². The molecule has 0 radical (unpaired) electrons. The van der Waals surface area contributed by atoms with Gasteiger partial charge in [0.15, 0.2) is 0 Å². The van der Waals surface area contributed by atoms with E-state index in [-0.39, 0.29) is 17.9 Å². The molecular formula is C15H20O4S. The zero-order valence-electron chi connectivity index (χ0n) is 11.6. The van der Waals surface area contributed by atoms with Crippen molar-refractivity contribution < 1.29 is 18.3 Å². The van der Waals surface area contributed by atoms with Gasteiger partial charge in [-0.05, 0) is 36.8 Å². The summed E-state index contributed by atoms with van der Waals surface area (Å²) >= 11 is 0. The number of benzene rings is 1. The predicted molar refractivity (Wildman–Crippen MR) is 77.5 cm³/mol. The first-order chi connectivity index (χ1) is 9.38. The molecule has 5 heteroatoms. The molecule has 1 aromatic carbocycles. The molecule has 0 fully saturated rings. The summed E-state index contributed by atoms with van der Waals surface area (Å²) in [6, 6.07) is 7.65. The van der Waals surface area contributed by atoms with Gasteiger partial charge in [-0.25, -0.2) is 8.42 Å². The van der Waals surface area contributed by atoms with Gasteiger partial charge in [0.2, 0.25) is 0 Å². The van der Waals surface area contributed by atoms with Gasteiger partial charge in [-0.1, -0.05) is 31.2 Å². The quantitative estimate of drug-likeness (QED) is 0.872. The summed E-state index contributed by atoms with van der Waals surface area (Å²) in [4.78, 5) is 11.7. The lowest BCUT2D eigenvalue weighted by molar-refractivity contribution is -0.148. The van der Waals surface area contributed by atoms with Crippen LogP contribution in [0.25, 0.3) is 0 Å². The van der Waals surface area contributed by atoms with Crippen LogP contribution in [0, 0.1) is 5.41 Å². The molecule has 1 aliphatic carbocycles. The van der Waals surface area contributed by atoms with Crippen molar-refractivity contribution >= 4 is 15.8 Å². The monoisotopic (exact) mass is 296 g/mol. The van der Waals surface area contributed by atoms with Crippen LogP contribution in [-0.2, 0) is 27.5 Å². The SMILES string of the molecule is CCCS(=O)(=O)CCC1(C(=O)O)Cc2ccccc2C1. The van der Waals surface area contributed by atoms with E-state index in [1.54, 1.807) is 0 Å². The van der Waals surface area contributed by atoms with Crippen molar-refractivity contribution in [2.24, 2.45) is 5.41 Å². The Hall–Kier alpha value is -1.36. The van der Waals surface area contributed by atoms with Crippen molar-refractivity contribution in [2.75, 3.05) is 11.5 Å². The molecular weight excluding hydrogens is 276 g/mol. The van der Waals surface area contributed by atoms with E-state index in [0.29, 0.717) is 19.3 Å². The second-order valence-corrected chi connectivity index (χ2v) is 7.91. The lowest BCUT2D eigenvalue weighted by Gasteiger charge is -2.23. The number of rotatable bonds is 6. The molecule has 110 valence electrons. The minimum Gasteiger partial charge on any atom is -0.481 e. The smallest absolute Gasteiger partial charge is 0.310 e. The molecule has 0 spiro atoms. The van der Waals surface area contributed by atoms with Crippen molar-refractivity contribution in [2.45, 2.75) is 32.6 Å². The van der Waals surface area contributed by atoms with Gasteiger partial charge in [0.1, 0.15) is 9.84 Å². The highest BCUT2D eigenvalue weighted by atomic mass is 32.2. The number of hydrogen-bond donors (Lipinski definition) is 1. The maximum atomic E-state index is 11.8. The Bertz CT molecular complexity index is 579. The molecule has 0 unspecified atom stereocenters. The van der Waals surface area contributed by atoms with Crippen LogP contribution < -0.4 is 0 Å². The Morgan fingerprint density at radius 1 is 1.20 bits per heavy atom. The topological polar surface area (TPSA) is 71.4 Å². The van der Waals surface area contributed by atoms with Crippen molar-refractivity contribution in [3.05, 3.63) is 35.4 Å². The number of fused-ring (bicyclic) bond motifs is 1. The highest BCUT2D eigenvalue weighted by Crippen LogP contribution is 2.40. The first-order valence-electron chi connectivity index (χ1n) is 6.89. The van der Waals surface area contributed by atoms with Gasteiger partial charge < -0.3 is 5.11 Å². The molecule has 0 amide bonds. The second kappa shape index (κ2) is 5.56. The summed E-state index contributed by atoms with van der Waals surface area (Å²) in [5.41, 5.74) is 1.11. The molecule has 1 aliphatic rings. The first kappa shape index (κ1) is 15.0. The number of carboxylic acid groups (broad SMARTS) is 1. The molecule has 0 aromatic heterocycles. The van der Waals surface area contributed by atoms with E-state index < -0.39 is 21.2 Å². The Kier molecular flexibility index (Phi) is 4.18. The molecule has 0 bridgehead atoms. The highest BCUT2D eigenvalue weighted by Gasteiger charge is 2.44. The van der Waals surface area contributed by atoms with E-state index in [0.717, 1.165) is 11.1 Å². The lowest BCUT2D eigenvalue weighted by Crippen LogP contribution is -2.34. The van der Waals surface area contributed by atoms with Crippen LogP contribution in [0.2, 0.25) is 0 Å². The van der Waals surface area contributed by atoms with Crippen LogP contribution in [0.5, 0.6) is 0 Å². The van der Waals surface area contributed by atoms with Crippen LogP contribution in [0.3, 0.4) is 0 Å². The van der Waals surface area contributed by atoms with E-state index in [1.165, 1.54) is 0 Å². The van der Waals surface area contributed by atoms with Gasteiger partial charge in [-0.2, -0.15) is 0 Å².